The van der Waals surface area contributed by atoms with Crippen LogP contribution in [0.25, 0.3) is 10.9 Å². The van der Waals surface area contributed by atoms with Crippen molar-refractivity contribution in [3.8, 4) is 0 Å². The highest BCUT2D eigenvalue weighted by Gasteiger charge is 2.09. The van der Waals surface area contributed by atoms with Crippen LogP contribution in [0.15, 0.2) is 30.5 Å². The SMILES string of the molecule is CC(C)OC(=O)Cn1ccc2ccc(C=O)cc21. The fourth-order valence-electron chi connectivity index (χ4n) is 1.85. The molecular weight excluding hydrogens is 230 g/mol. The number of hydrogen-bond donors (Lipinski definition) is 0. The molecule has 0 saturated heterocycles. The minimum absolute atomic E-state index is 0.120. The minimum Gasteiger partial charge on any atom is -0.462 e. The van der Waals surface area contributed by atoms with Gasteiger partial charge in [0.1, 0.15) is 12.8 Å². The fraction of sp³-hybridized carbons (Fsp3) is 0.286. The van der Waals surface area contributed by atoms with E-state index in [1.54, 1.807) is 16.7 Å². The molecule has 4 nitrogen and oxygen atoms in total. The van der Waals surface area contributed by atoms with Crippen molar-refractivity contribution in [2.45, 2.75) is 26.5 Å². The van der Waals surface area contributed by atoms with Crippen LogP contribution in [0.5, 0.6) is 0 Å². The Bertz CT molecular complexity index is 584. The standard InChI is InChI=1S/C14H15NO3/c1-10(2)18-14(17)8-15-6-5-12-4-3-11(9-16)7-13(12)15/h3-7,9-10H,8H2,1-2H3. The highest BCUT2D eigenvalue weighted by Crippen LogP contribution is 2.17. The second-order valence-electron chi connectivity index (χ2n) is 4.42. The lowest BCUT2D eigenvalue weighted by Gasteiger charge is -2.09. The molecule has 94 valence electrons. The molecule has 1 aromatic carbocycles. The zero-order valence-electron chi connectivity index (χ0n) is 10.4. The van der Waals surface area contributed by atoms with Crippen molar-refractivity contribution in [1.29, 1.82) is 0 Å². The summed E-state index contributed by atoms with van der Waals surface area (Å²) in [6.45, 7) is 3.79. The molecule has 0 aliphatic rings. The molecule has 0 unspecified atom stereocenters. The van der Waals surface area contributed by atoms with Crippen LogP contribution in [0.4, 0.5) is 0 Å². The molecule has 2 rings (SSSR count). The van der Waals surface area contributed by atoms with E-state index in [0.29, 0.717) is 5.56 Å². The van der Waals surface area contributed by atoms with Gasteiger partial charge in [-0.25, -0.2) is 0 Å². The maximum Gasteiger partial charge on any atom is 0.326 e. The third kappa shape index (κ3) is 2.59. The molecule has 0 radical (unpaired) electrons. The molecule has 4 heteroatoms. The van der Waals surface area contributed by atoms with E-state index in [-0.39, 0.29) is 18.6 Å². The molecule has 0 fully saturated rings. The molecule has 0 N–H and O–H groups in total. The number of nitrogens with zero attached hydrogens (tertiary/aromatic N) is 1. The second kappa shape index (κ2) is 5.04. The Kier molecular flexibility index (Phi) is 3.46. The summed E-state index contributed by atoms with van der Waals surface area (Å²) in [5, 5.41) is 0.998. The van der Waals surface area contributed by atoms with E-state index in [9.17, 15) is 9.59 Å². The first kappa shape index (κ1) is 12.4. The fourth-order valence-corrected chi connectivity index (χ4v) is 1.85. The van der Waals surface area contributed by atoms with E-state index in [0.717, 1.165) is 17.2 Å². The Balaban J connectivity index is 2.28. The molecule has 1 aromatic heterocycles. The van der Waals surface area contributed by atoms with Crippen LogP contribution in [0, 0.1) is 0 Å². The number of carbonyl (C=O) groups is 2. The Labute approximate surface area is 105 Å². The molecule has 18 heavy (non-hydrogen) atoms. The van der Waals surface area contributed by atoms with Crippen molar-refractivity contribution in [3.05, 3.63) is 36.0 Å². The number of fused-ring (bicyclic) bond motifs is 1. The van der Waals surface area contributed by atoms with Crippen molar-refractivity contribution >= 4 is 23.2 Å². The predicted octanol–water partition coefficient (Wildman–Crippen LogP) is 2.41. The van der Waals surface area contributed by atoms with Gasteiger partial charge in [0.25, 0.3) is 0 Å². The van der Waals surface area contributed by atoms with Gasteiger partial charge in [-0.3, -0.25) is 9.59 Å². The lowest BCUT2D eigenvalue weighted by Crippen LogP contribution is -2.17. The number of rotatable bonds is 4. The number of aromatic nitrogens is 1. The predicted molar refractivity (Wildman–Crippen MR) is 68.6 cm³/mol. The molecule has 0 atom stereocenters. The number of esters is 1. The summed E-state index contributed by atoms with van der Waals surface area (Å²) < 4.78 is 6.88. The Morgan fingerprint density at radius 3 is 2.83 bits per heavy atom. The summed E-state index contributed by atoms with van der Waals surface area (Å²) >= 11 is 0. The van der Waals surface area contributed by atoms with Gasteiger partial charge in [0.15, 0.2) is 0 Å². The molecule has 0 saturated carbocycles. The van der Waals surface area contributed by atoms with Crippen molar-refractivity contribution in [3.63, 3.8) is 0 Å². The zero-order valence-corrected chi connectivity index (χ0v) is 10.4. The quantitative estimate of drug-likeness (QED) is 0.614. The van der Waals surface area contributed by atoms with Gasteiger partial charge >= 0.3 is 5.97 Å². The molecule has 0 aliphatic heterocycles. The number of hydrogen-bond acceptors (Lipinski definition) is 3. The van der Waals surface area contributed by atoms with Gasteiger partial charge in [-0.15, -0.1) is 0 Å². The monoisotopic (exact) mass is 245 g/mol. The Morgan fingerprint density at radius 1 is 1.39 bits per heavy atom. The van der Waals surface area contributed by atoms with E-state index >= 15 is 0 Å². The van der Waals surface area contributed by atoms with Crippen molar-refractivity contribution in [2.24, 2.45) is 0 Å². The van der Waals surface area contributed by atoms with E-state index in [1.807, 2.05) is 32.2 Å². The van der Waals surface area contributed by atoms with Gasteiger partial charge in [0.2, 0.25) is 0 Å². The lowest BCUT2D eigenvalue weighted by molar-refractivity contribution is -0.148. The van der Waals surface area contributed by atoms with E-state index < -0.39 is 0 Å². The number of aldehydes is 1. The second-order valence-corrected chi connectivity index (χ2v) is 4.42. The first-order valence-corrected chi connectivity index (χ1v) is 5.83. The van der Waals surface area contributed by atoms with Crippen LogP contribution in [0.3, 0.4) is 0 Å². The summed E-state index contributed by atoms with van der Waals surface area (Å²) in [5.41, 5.74) is 1.46. The van der Waals surface area contributed by atoms with Crippen molar-refractivity contribution in [2.75, 3.05) is 0 Å². The highest BCUT2D eigenvalue weighted by atomic mass is 16.5. The van der Waals surface area contributed by atoms with Crippen LogP contribution < -0.4 is 0 Å². The van der Waals surface area contributed by atoms with Crippen LogP contribution in [-0.2, 0) is 16.1 Å². The highest BCUT2D eigenvalue weighted by molar-refractivity contribution is 5.88. The third-order valence-corrected chi connectivity index (χ3v) is 2.60. The normalized spacial score (nSPS) is 10.8. The van der Waals surface area contributed by atoms with Gasteiger partial charge in [-0.1, -0.05) is 12.1 Å². The molecule has 0 bridgehead atoms. The summed E-state index contributed by atoms with van der Waals surface area (Å²) in [6.07, 6.45) is 2.49. The summed E-state index contributed by atoms with van der Waals surface area (Å²) in [4.78, 5) is 22.4. The van der Waals surface area contributed by atoms with Gasteiger partial charge in [-0.05, 0) is 31.4 Å². The first-order valence-electron chi connectivity index (χ1n) is 5.83. The van der Waals surface area contributed by atoms with Crippen LogP contribution >= 0.6 is 0 Å². The van der Waals surface area contributed by atoms with E-state index in [2.05, 4.69) is 0 Å². The minimum atomic E-state index is -0.279. The third-order valence-electron chi connectivity index (χ3n) is 2.60. The first-order chi connectivity index (χ1) is 8.60. The molecule has 1 heterocycles. The van der Waals surface area contributed by atoms with Crippen molar-refractivity contribution < 1.29 is 14.3 Å². The van der Waals surface area contributed by atoms with Gasteiger partial charge in [-0.2, -0.15) is 0 Å². The van der Waals surface area contributed by atoms with Gasteiger partial charge < -0.3 is 9.30 Å². The largest absolute Gasteiger partial charge is 0.462 e. The van der Waals surface area contributed by atoms with Gasteiger partial charge in [0.05, 0.1) is 6.10 Å². The smallest absolute Gasteiger partial charge is 0.326 e. The van der Waals surface area contributed by atoms with E-state index in [4.69, 9.17) is 4.74 Å². The molecule has 0 amide bonds. The molecular formula is C14H15NO3. The topological polar surface area (TPSA) is 48.3 Å². The Hall–Kier alpha value is -2.10. The zero-order chi connectivity index (χ0) is 13.1. The van der Waals surface area contributed by atoms with E-state index in [1.165, 1.54) is 0 Å². The molecule has 0 spiro atoms. The molecule has 0 aliphatic carbocycles. The van der Waals surface area contributed by atoms with Crippen LogP contribution in [0.2, 0.25) is 0 Å². The average molecular weight is 245 g/mol. The van der Waals surface area contributed by atoms with Gasteiger partial charge in [0, 0.05) is 17.3 Å². The number of ether oxygens (including phenoxy) is 1. The Morgan fingerprint density at radius 2 is 2.17 bits per heavy atom. The maximum atomic E-state index is 11.6. The average Bonchev–Trinajstić information content (AvgIpc) is 2.70. The lowest BCUT2D eigenvalue weighted by atomic mass is 10.2. The molecule has 2 aromatic rings. The number of carbonyl (C=O) groups excluding carboxylic acids is 2. The summed E-state index contributed by atoms with van der Waals surface area (Å²) in [6, 6.07) is 7.30. The van der Waals surface area contributed by atoms with Crippen molar-refractivity contribution in [1.82, 2.24) is 4.57 Å². The number of benzene rings is 1. The van der Waals surface area contributed by atoms with Crippen LogP contribution in [0.1, 0.15) is 24.2 Å². The van der Waals surface area contributed by atoms with Crippen LogP contribution in [-0.4, -0.2) is 22.9 Å². The maximum absolute atomic E-state index is 11.6. The summed E-state index contributed by atoms with van der Waals surface area (Å²) in [7, 11) is 0. The summed E-state index contributed by atoms with van der Waals surface area (Å²) in [5.74, 6) is -0.279.